The molecule has 3 nitrogen and oxygen atoms in total. The first kappa shape index (κ1) is 7.27. The Hall–Kier alpha value is -0.730. The summed E-state index contributed by atoms with van der Waals surface area (Å²) in [5.74, 6) is 5.82. The molecule has 0 unspecified atom stereocenters. The monoisotopic (exact) mass is 116 g/mol. The van der Waals surface area contributed by atoms with E-state index in [1.54, 1.807) is 7.11 Å². The molecule has 48 valence electrons. The van der Waals surface area contributed by atoms with E-state index in [-0.39, 0.29) is 5.92 Å². The van der Waals surface area contributed by atoms with E-state index in [4.69, 9.17) is 10.6 Å². The van der Waals surface area contributed by atoms with E-state index in [0.717, 1.165) is 0 Å². The first-order chi connectivity index (χ1) is 3.72. The van der Waals surface area contributed by atoms with Crippen molar-refractivity contribution in [2.45, 2.75) is 13.8 Å². The molecule has 8 heavy (non-hydrogen) atoms. The zero-order valence-electron chi connectivity index (χ0n) is 5.51. The molecule has 0 aromatic carbocycles. The zero-order chi connectivity index (χ0) is 6.57. The molecule has 0 aliphatic carbocycles. The molecule has 0 rings (SSSR count). The number of nitrogens with zero attached hydrogens (tertiary/aromatic N) is 1. The number of methoxy groups -OCH3 is 1. The fraction of sp³-hybridized carbons (Fsp3) is 0.800. The van der Waals surface area contributed by atoms with Gasteiger partial charge in [0.2, 0.25) is 5.90 Å². The molecule has 0 heterocycles. The second-order valence-electron chi connectivity index (χ2n) is 1.83. The van der Waals surface area contributed by atoms with Crippen molar-refractivity contribution >= 4 is 5.90 Å². The summed E-state index contributed by atoms with van der Waals surface area (Å²) in [7, 11) is 1.56. The van der Waals surface area contributed by atoms with Crippen LogP contribution in [0, 0.1) is 5.92 Å². The summed E-state index contributed by atoms with van der Waals surface area (Å²) in [5.41, 5.74) is 0. The van der Waals surface area contributed by atoms with Gasteiger partial charge in [-0.3, -0.25) is 0 Å². The van der Waals surface area contributed by atoms with Gasteiger partial charge in [-0.15, -0.1) is 5.10 Å². The van der Waals surface area contributed by atoms with E-state index in [9.17, 15) is 0 Å². The third kappa shape index (κ3) is 1.82. The number of nitrogens with two attached hydrogens (primary N) is 1. The van der Waals surface area contributed by atoms with Crippen LogP contribution in [0.15, 0.2) is 5.10 Å². The van der Waals surface area contributed by atoms with Gasteiger partial charge in [-0.25, -0.2) is 0 Å². The van der Waals surface area contributed by atoms with Gasteiger partial charge in [0.15, 0.2) is 0 Å². The Morgan fingerprint density at radius 1 is 1.62 bits per heavy atom. The molecule has 0 radical (unpaired) electrons. The number of hydrogen-bond acceptors (Lipinski definition) is 3. The standard InChI is InChI=1S/C5H12N2O/c1-4(2)5(7-6)8-3/h4H,6H2,1-3H3/b7-5-. The highest BCUT2D eigenvalue weighted by Gasteiger charge is 2.01. The van der Waals surface area contributed by atoms with E-state index in [1.165, 1.54) is 0 Å². The molecule has 0 amide bonds. The number of ether oxygens (including phenoxy) is 1. The lowest BCUT2D eigenvalue weighted by Gasteiger charge is -2.04. The topological polar surface area (TPSA) is 47.6 Å². The van der Waals surface area contributed by atoms with Crippen LogP contribution in [0.2, 0.25) is 0 Å². The normalized spacial score (nSPS) is 12.2. The molecule has 0 aromatic rings. The van der Waals surface area contributed by atoms with Crippen molar-refractivity contribution in [3.63, 3.8) is 0 Å². The van der Waals surface area contributed by atoms with Crippen molar-refractivity contribution < 1.29 is 4.74 Å². The first-order valence-electron chi connectivity index (χ1n) is 2.54. The molecule has 0 spiro atoms. The summed E-state index contributed by atoms with van der Waals surface area (Å²) >= 11 is 0. The van der Waals surface area contributed by atoms with Crippen LogP contribution in [0.4, 0.5) is 0 Å². The van der Waals surface area contributed by atoms with Crippen LogP contribution in [0.3, 0.4) is 0 Å². The van der Waals surface area contributed by atoms with Crippen LogP contribution in [-0.4, -0.2) is 13.0 Å². The third-order valence-corrected chi connectivity index (χ3v) is 0.830. The van der Waals surface area contributed by atoms with Gasteiger partial charge in [0.05, 0.1) is 7.11 Å². The highest BCUT2D eigenvalue weighted by atomic mass is 16.5. The van der Waals surface area contributed by atoms with Gasteiger partial charge in [-0.1, -0.05) is 13.8 Å². The van der Waals surface area contributed by atoms with Crippen molar-refractivity contribution in [2.24, 2.45) is 16.9 Å². The lowest BCUT2D eigenvalue weighted by molar-refractivity contribution is 0.373. The Labute approximate surface area is 49.5 Å². The Bertz CT molecular complexity index is 88.4. The van der Waals surface area contributed by atoms with Crippen molar-refractivity contribution in [3.8, 4) is 0 Å². The van der Waals surface area contributed by atoms with E-state index in [1.807, 2.05) is 13.8 Å². The minimum absolute atomic E-state index is 0.282. The molecule has 0 aliphatic heterocycles. The highest BCUT2D eigenvalue weighted by molar-refractivity contribution is 5.77. The first-order valence-corrected chi connectivity index (χ1v) is 2.54. The van der Waals surface area contributed by atoms with Crippen molar-refractivity contribution in [2.75, 3.05) is 7.11 Å². The largest absolute Gasteiger partial charge is 0.483 e. The Kier molecular flexibility index (Phi) is 2.99. The van der Waals surface area contributed by atoms with E-state index < -0.39 is 0 Å². The Balaban J connectivity index is 3.72. The van der Waals surface area contributed by atoms with Gasteiger partial charge < -0.3 is 10.6 Å². The maximum Gasteiger partial charge on any atom is 0.207 e. The minimum Gasteiger partial charge on any atom is -0.483 e. The zero-order valence-corrected chi connectivity index (χ0v) is 5.51. The summed E-state index contributed by atoms with van der Waals surface area (Å²) in [5, 5.41) is 3.40. The van der Waals surface area contributed by atoms with Crippen LogP contribution in [0.1, 0.15) is 13.8 Å². The molecule has 0 bridgehead atoms. The van der Waals surface area contributed by atoms with Gasteiger partial charge in [0, 0.05) is 5.92 Å². The summed E-state index contributed by atoms with van der Waals surface area (Å²) in [6.07, 6.45) is 0. The van der Waals surface area contributed by atoms with Gasteiger partial charge >= 0.3 is 0 Å². The molecule has 2 N–H and O–H groups in total. The van der Waals surface area contributed by atoms with Gasteiger partial charge in [0.1, 0.15) is 0 Å². The molecule has 0 aliphatic rings. The fourth-order valence-electron chi connectivity index (χ4n) is 0.437. The van der Waals surface area contributed by atoms with Gasteiger partial charge in [-0.05, 0) is 0 Å². The molecule has 0 fully saturated rings. The summed E-state index contributed by atoms with van der Waals surface area (Å²) in [6, 6.07) is 0. The number of hydrazone groups is 1. The van der Waals surface area contributed by atoms with E-state index >= 15 is 0 Å². The van der Waals surface area contributed by atoms with Crippen LogP contribution in [0.5, 0.6) is 0 Å². The molecule has 0 aromatic heterocycles. The van der Waals surface area contributed by atoms with Crippen molar-refractivity contribution in [3.05, 3.63) is 0 Å². The van der Waals surface area contributed by atoms with Crippen molar-refractivity contribution in [1.29, 1.82) is 0 Å². The highest BCUT2D eigenvalue weighted by Crippen LogP contribution is 1.94. The average molecular weight is 116 g/mol. The van der Waals surface area contributed by atoms with Crippen LogP contribution < -0.4 is 5.84 Å². The minimum atomic E-state index is 0.282. The summed E-state index contributed by atoms with van der Waals surface area (Å²) < 4.78 is 4.79. The van der Waals surface area contributed by atoms with Crippen LogP contribution >= 0.6 is 0 Å². The second kappa shape index (κ2) is 3.29. The Morgan fingerprint density at radius 2 is 2.12 bits per heavy atom. The maximum absolute atomic E-state index is 4.95. The molecular formula is C5H12N2O. The lowest BCUT2D eigenvalue weighted by atomic mass is 10.2. The molecular weight excluding hydrogens is 104 g/mol. The van der Waals surface area contributed by atoms with E-state index in [2.05, 4.69) is 5.10 Å². The van der Waals surface area contributed by atoms with E-state index in [0.29, 0.717) is 5.90 Å². The molecule has 0 saturated heterocycles. The number of rotatable bonds is 1. The Morgan fingerprint density at radius 3 is 2.12 bits per heavy atom. The number of hydrogen-bond donors (Lipinski definition) is 1. The molecule has 0 atom stereocenters. The summed E-state index contributed by atoms with van der Waals surface area (Å²) in [4.78, 5) is 0. The van der Waals surface area contributed by atoms with Gasteiger partial charge in [0.25, 0.3) is 0 Å². The summed E-state index contributed by atoms with van der Waals surface area (Å²) in [6.45, 7) is 3.93. The predicted octanol–water partition coefficient (Wildman–Crippen LogP) is 0.561. The smallest absolute Gasteiger partial charge is 0.207 e. The average Bonchev–Trinajstić information content (AvgIpc) is 1.69. The van der Waals surface area contributed by atoms with Crippen molar-refractivity contribution in [1.82, 2.24) is 0 Å². The van der Waals surface area contributed by atoms with Gasteiger partial charge in [-0.2, -0.15) is 0 Å². The SMILES string of the molecule is CO/C(=N\N)C(C)C. The maximum atomic E-state index is 4.95. The molecule has 0 saturated carbocycles. The fourth-order valence-corrected chi connectivity index (χ4v) is 0.437. The van der Waals surface area contributed by atoms with Crippen LogP contribution in [-0.2, 0) is 4.74 Å². The second-order valence-corrected chi connectivity index (χ2v) is 1.83. The van der Waals surface area contributed by atoms with Crippen LogP contribution in [0.25, 0.3) is 0 Å². The molecule has 3 heteroatoms. The quantitative estimate of drug-likeness (QED) is 0.235. The predicted molar refractivity (Wildman–Crippen MR) is 33.5 cm³/mol. The lowest BCUT2D eigenvalue weighted by Crippen LogP contribution is -2.11. The third-order valence-electron chi connectivity index (χ3n) is 0.830.